The summed E-state index contributed by atoms with van der Waals surface area (Å²) in [7, 11) is 1.97. The highest BCUT2D eigenvalue weighted by Gasteiger charge is 2.27. The number of hydrogen-bond donors (Lipinski definition) is 1. The van der Waals surface area contributed by atoms with Crippen molar-refractivity contribution in [1.82, 2.24) is 9.88 Å². The number of aliphatic imine (C=N–C) groups is 1. The predicted octanol–water partition coefficient (Wildman–Crippen LogP) is 1.20. The summed E-state index contributed by atoms with van der Waals surface area (Å²) in [6.07, 6.45) is 2.42. The lowest BCUT2D eigenvalue weighted by Gasteiger charge is -2.16. The lowest BCUT2D eigenvalue weighted by Crippen LogP contribution is -2.35. The molecule has 0 unspecified atom stereocenters. The van der Waals surface area contributed by atoms with Gasteiger partial charge in [0.15, 0.2) is 5.96 Å². The molecule has 0 spiro atoms. The normalized spacial score (nSPS) is 16.6. The molecule has 88 valence electrons. The molecule has 0 amide bonds. The molecule has 0 aromatic carbocycles. The van der Waals surface area contributed by atoms with Crippen LogP contribution in [0.4, 0.5) is 0 Å². The molecule has 2 N–H and O–H groups in total. The predicted molar refractivity (Wildman–Crippen MR) is 62.1 cm³/mol. The van der Waals surface area contributed by atoms with Crippen LogP contribution < -0.4 is 5.73 Å². The van der Waals surface area contributed by atoms with Crippen LogP contribution in [-0.2, 0) is 6.54 Å². The maximum atomic E-state index is 5.86. The van der Waals surface area contributed by atoms with Gasteiger partial charge in [0, 0.05) is 13.1 Å². The Hall–Kier alpha value is -1.52. The summed E-state index contributed by atoms with van der Waals surface area (Å²) in [5, 5.41) is 0. The average Bonchev–Trinajstić information content (AvgIpc) is 3.03. The lowest BCUT2D eigenvalue weighted by atomic mass is 10.4. The summed E-state index contributed by atoms with van der Waals surface area (Å²) in [5.41, 5.74) is 6.77. The smallest absolute Gasteiger partial charge is 0.216 e. The summed E-state index contributed by atoms with van der Waals surface area (Å²) in [6, 6.07) is 0.580. The number of oxazole rings is 1. The first-order valence-electron chi connectivity index (χ1n) is 5.53. The van der Waals surface area contributed by atoms with Gasteiger partial charge in [-0.3, -0.25) is 0 Å². The molecule has 1 aromatic heterocycles. The van der Waals surface area contributed by atoms with Crippen LogP contribution >= 0.6 is 0 Å². The number of nitrogens with two attached hydrogens (primary N) is 1. The van der Waals surface area contributed by atoms with Crippen LogP contribution in [-0.4, -0.2) is 28.9 Å². The fourth-order valence-electron chi connectivity index (χ4n) is 1.52. The lowest BCUT2D eigenvalue weighted by molar-refractivity contribution is 0.463. The molecule has 2 rings (SSSR count). The Kier molecular flexibility index (Phi) is 2.85. The minimum atomic E-state index is 0.414. The summed E-state index contributed by atoms with van der Waals surface area (Å²) in [6.45, 7) is 4.23. The number of hydrogen-bond acceptors (Lipinski definition) is 3. The summed E-state index contributed by atoms with van der Waals surface area (Å²) < 4.78 is 5.43. The van der Waals surface area contributed by atoms with Crippen molar-refractivity contribution < 1.29 is 4.42 Å². The SMILES string of the molecule is Cc1nc(CN=C(N)N(C)C2CC2)oc1C. The van der Waals surface area contributed by atoms with Gasteiger partial charge >= 0.3 is 0 Å². The Morgan fingerprint density at radius 1 is 1.56 bits per heavy atom. The first-order valence-corrected chi connectivity index (χ1v) is 5.53. The van der Waals surface area contributed by atoms with Gasteiger partial charge in [-0.05, 0) is 26.7 Å². The maximum absolute atomic E-state index is 5.86. The van der Waals surface area contributed by atoms with E-state index < -0.39 is 0 Å². The van der Waals surface area contributed by atoms with Crippen LogP contribution in [0.2, 0.25) is 0 Å². The van der Waals surface area contributed by atoms with E-state index in [0.29, 0.717) is 24.4 Å². The molecule has 1 aromatic rings. The molecule has 1 aliphatic rings. The number of guanidine groups is 1. The van der Waals surface area contributed by atoms with Gasteiger partial charge in [-0.1, -0.05) is 0 Å². The molecule has 0 bridgehead atoms. The Bertz CT molecular complexity index is 387. The van der Waals surface area contributed by atoms with E-state index in [1.165, 1.54) is 12.8 Å². The zero-order valence-electron chi connectivity index (χ0n) is 10.0. The van der Waals surface area contributed by atoms with E-state index in [4.69, 9.17) is 10.2 Å². The number of rotatable bonds is 3. The van der Waals surface area contributed by atoms with Crippen LogP contribution in [0.1, 0.15) is 30.2 Å². The highest BCUT2D eigenvalue weighted by atomic mass is 16.4. The van der Waals surface area contributed by atoms with Crippen molar-refractivity contribution in [2.24, 2.45) is 10.7 Å². The van der Waals surface area contributed by atoms with Crippen LogP contribution in [0.3, 0.4) is 0 Å². The molecule has 1 aliphatic carbocycles. The number of aromatic nitrogens is 1. The zero-order chi connectivity index (χ0) is 11.7. The summed E-state index contributed by atoms with van der Waals surface area (Å²) in [4.78, 5) is 10.5. The molecular formula is C11H18N4O. The van der Waals surface area contributed by atoms with Gasteiger partial charge in [0.25, 0.3) is 0 Å². The second-order valence-corrected chi connectivity index (χ2v) is 4.27. The summed E-state index contributed by atoms with van der Waals surface area (Å²) in [5.74, 6) is 2.04. The quantitative estimate of drug-likeness (QED) is 0.616. The van der Waals surface area contributed by atoms with Gasteiger partial charge in [-0.2, -0.15) is 0 Å². The third-order valence-electron chi connectivity index (χ3n) is 2.91. The van der Waals surface area contributed by atoms with Crippen molar-refractivity contribution in [2.45, 2.75) is 39.3 Å². The van der Waals surface area contributed by atoms with Crippen LogP contribution in [0, 0.1) is 13.8 Å². The molecular weight excluding hydrogens is 204 g/mol. The molecule has 1 heterocycles. The zero-order valence-corrected chi connectivity index (χ0v) is 10.0. The van der Waals surface area contributed by atoms with Gasteiger partial charge in [0.1, 0.15) is 12.3 Å². The molecule has 0 radical (unpaired) electrons. The van der Waals surface area contributed by atoms with Crippen molar-refractivity contribution in [3.63, 3.8) is 0 Å². The van der Waals surface area contributed by atoms with E-state index in [2.05, 4.69) is 9.98 Å². The molecule has 5 nitrogen and oxygen atoms in total. The molecule has 16 heavy (non-hydrogen) atoms. The molecule has 5 heteroatoms. The minimum Gasteiger partial charge on any atom is -0.444 e. The fraction of sp³-hybridized carbons (Fsp3) is 0.636. The third kappa shape index (κ3) is 2.35. The number of aryl methyl sites for hydroxylation is 2. The second kappa shape index (κ2) is 4.15. The molecule has 0 atom stereocenters. The maximum Gasteiger partial charge on any atom is 0.216 e. The van der Waals surface area contributed by atoms with Gasteiger partial charge in [-0.25, -0.2) is 9.98 Å². The van der Waals surface area contributed by atoms with Crippen molar-refractivity contribution in [2.75, 3.05) is 7.05 Å². The number of nitrogens with zero attached hydrogens (tertiary/aromatic N) is 3. The molecule has 0 aliphatic heterocycles. The van der Waals surface area contributed by atoms with E-state index in [0.717, 1.165) is 11.5 Å². The summed E-state index contributed by atoms with van der Waals surface area (Å²) >= 11 is 0. The highest BCUT2D eigenvalue weighted by molar-refractivity contribution is 5.78. The molecule has 1 fully saturated rings. The minimum absolute atomic E-state index is 0.414. The second-order valence-electron chi connectivity index (χ2n) is 4.27. The Morgan fingerprint density at radius 3 is 2.75 bits per heavy atom. The highest BCUT2D eigenvalue weighted by Crippen LogP contribution is 2.24. The van der Waals surface area contributed by atoms with Crippen molar-refractivity contribution in [1.29, 1.82) is 0 Å². The third-order valence-corrected chi connectivity index (χ3v) is 2.91. The van der Waals surface area contributed by atoms with Gasteiger partial charge in [-0.15, -0.1) is 0 Å². The van der Waals surface area contributed by atoms with E-state index in [-0.39, 0.29) is 0 Å². The van der Waals surface area contributed by atoms with Gasteiger partial charge < -0.3 is 15.1 Å². The monoisotopic (exact) mass is 222 g/mol. The van der Waals surface area contributed by atoms with E-state index in [1.807, 2.05) is 25.8 Å². The van der Waals surface area contributed by atoms with Crippen LogP contribution in [0.15, 0.2) is 9.41 Å². The first-order chi connectivity index (χ1) is 7.58. The molecule has 1 saturated carbocycles. The Balaban J connectivity index is 1.96. The largest absolute Gasteiger partial charge is 0.444 e. The van der Waals surface area contributed by atoms with Crippen molar-refractivity contribution >= 4 is 5.96 Å². The fourth-order valence-corrected chi connectivity index (χ4v) is 1.52. The van der Waals surface area contributed by atoms with Crippen molar-refractivity contribution in [3.8, 4) is 0 Å². The topological polar surface area (TPSA) is 67.7 Å². The van der Waals surface area contributed by atoms with E-state index in [9.17, 15) is 0 Å². The Labute approximate surface area is 95.4 Å². The van der Waals surface area contributed by atoms with Crippen LogP contribution in [0.5, 0.6) is 0 Å². The van der Waals surface area contributed by atoms with Gasteiger partial charge in [0.2, 0.25) is 5.89 Å². The molecule has 0 saturated heterocycles. The van der Waals surface area contributed by atoms with Gasteiger partial charge in [0.05, 0.1) is 5.69 Å². The van der Waals surface area contributed by atoms with Crippen molar-refractivity contribution in [3.05, 3.63) is 17.3 Å². The van der Waals surface area contributed by atoms with E-state index in [1.54, 1.807) is 0 Å². The van der Waals surface area contributed by atoms with Crippen LogP contribution in [0.25, 0.3) is 0 Å². The van der Waals surface area contributed by atoms with E-state index >= 15 is 0 Å². The Morgan fingerprint density at radius 2 is 2.25 bits per heavy atom. The standard InChI is InChI=1S/C11H18N4O/c1-7-8(2)16-10(14-7)6-13-11(12)15(3)9-4-5-9/h9H,4-6H2,1-3H3,(H2,12,13). The average molecular weight is 222 g/mol. The first kappa shape index (κ1) is 11.0.